The lowest BCUT2D eigenvalue weighted by Crippen LogP contribution is -2.53. The molecule has 20 heavy (non-hydrogen) atoms. The van der Waals surface area contributed by atoms with Crippen LogP contribution in [0.3, 0.4) is 0 Å². The predicted octanol–water partition coefficient (Wildman–Crippen LogP) is -0.304. The molecule has 1 amide bonds. The maximum atomic E-state index is 12.4. The first-order chi connectivity index (χ1) is 9.70. The zero-order valence-electron chi connectivity index (χ0n) is 11.2. The van der Waals surface area contributed by atoms with E-state index < -0.39 is 12.0 Å². The largest absolute Gasteiger partial charge is 0.467 e. The van der Waals surface area contributed by atoms with Crippen LogP contribution in [0.5, 0.6) is 0 Å². The molecule has 1 N–H and O–H groups in total. The first kappa shape index (κ1) is 13.0. The third kappa shape index (κ3) is 2.38. The van der Waals surface area contributed by atoms with Gasteiger partial charge in [0.2, 0.25) is 5.82 Å². The molecule has 0 spiro atoms. The fraction of sp³-hybridized carbons (Fsp3) is 0.667. The highest BCUT2D eigenvalue weighted by molar-refractivity contribution is 5.94. The molecule has 0 bridgehead atoms. The maximum absolute atomic E-state index is 12.4. The van der Waals surface area contributed by atoms with Crippen molar-refractivity contribution in [1.82, 2.24) is 20.1 Å². The van der Waals surface area contributed by atoms with Crippen LogP contribution in [-0.4, -0.2) is 64.9 Å². The monoisotopic (exact) mass is 280 g/mol. The Morgan fingerprint density at radius 2 is 2.25 bits per heavy atom. The van der Waals surface area contributed by atoms with Crippen molar-refractivity contribution in [3.63, 3.8) is 0 Å². The fourth-order valence-electron chi connectivity index (χ4n) is 2.22. The van der Waals surface area contributed by atoms with E-state index in [1.54, 1.807) is 0 Å². The molecule has 2 aliphatic rings. The van der Waals surface area contributed by atoms with Crippen molar-refractivity contribution in [2.75, 3.05) is 26.9 Å². The van der Waals surface area contributed by atoms with Gasteiger partial charge >= 0.3 is 5.97 Å². The average molecular weight is 280 g/mol. The lowest BCUT2D eigenvalue weighted by Gasteiger charge is -2.32. The number of morpholine rings is 1. The van der Waals surface area contributed by atoms with Gasteiger partial charge in [-0.25, -0.2) is 9.78 Å². The molecule has 1 aromatic heterocycles. The zero-order valence-corrected chi connectivity index (χ0v) is 11.2. The summed E-state index contributed by atoms with van der Waals surface area (Å²) in [7, 11) is 1.29. The molecule has 2 fully saturated rings. The van der Waals surface area contributed by atoms with Crippen molar-refractivity contribution < 1.29 is 19.1 Å². The molecule has 1 atom stereocenters. The second-order valence-corrected chi connectivity index (χ2v) is 4.93. The first-order valence-electron chi connectivity index (χ1n) is 6.59. The van der Waals surface area contributed by atoms with E-state index in [-0.39, 0.29) is 18.3 Å². The number of nitrogens with one attached hydrogen (secondary N) is 1. The molecule has 1 aliphatic carbocycles. The van der Waals surface area contributed by atoms with Gasteiger partial charge in [-0.1, -0.05) is 0 Å². The van der Waals surface area contributed by atoms with Gasteiger partial charge in [-0.2, -0.15) is 0 Å². The summed E-state index contributed by atoms with van der Waals surface area (Å²) >= 11 is 0. The van der Waals surface area contributed by atoms with Gasteiger partial charge in [0, 0.05) is 12.5 Å². The standard InChI is InChI=1S/C12H16N4O4/c1-19-12(18)8-6-20-5-4-16(8)11(17)10-13-9(14-15-10)7-2-3-7/h7-8H,2-6H2,1H3,(H,13,14,15). The van der Waals surface area contributed by atoms with Gasteiger partial charge in [-0.05, 0) is 12.8 Å². The van der Waals surface area contributed by atoms with Crippen molar-refractivity contribution in [3.05, 3.63) is 11.6 Å². The van der Waals surface area contributed by atoms with Crippen LogP contribution < -0.4 is 0 Å². The quantitative estimate of drug-likeness (QED) is 0.763. The number of hydrogen-bond acceptors (Lipinski definition) is 6. The number of methoxy groups -OCH3 is 1. The summed E-state index contributed by atoms with van der Waals surface area (Å²) in [6, 6.07) is -0.732. The molecule has 0 radical (unpaired) electrons. The van der Waals surface area contributed by atoms with Gasteiger partial charge in [0.05, 0.1) is 20.3 Å². The number of carbonyl (C=O) groups is 2. The average Bonchev–Trinajstić information content (AvgIpc) is 3.23. The van der Waals surface area contributed by atoms with E-state index >= 15 is 0 Å². The molecule has 3 rings (SSSR count). The summed E-state index contributed by atoms with van der Waals surface area (Å²) in [6.07, 6.45) is 2.15. The highest BCUT2D eigenvalue weighted by atomic mass is 16.5. The molecule has 1 saturated heterocycles. The summed E-state index contributed by atoms with van der Waals surface area (Å²) < 4.78 is 9.93. The number of aromatic nitrogens is 3. The van der Waals surface area contributed by atoms with Crippen molar-refractivity contribution in [2.45, 2.75) is 24.8 Å². The summed E-state index contributed by atoms with van der Waals surface area (Å²) in [4.78, 5) is 29.7. The molecule has 1 unspecified atom stereocenters. The summed E-state index contributed by atoms with van der Waals surface area (Å²) in [5.41, 5.74) is 0. The Morgan fingerprint density at radius 3 is 2.95 bits per heavy atom. The summed E-state index contributed by atoms with van der Waals surface area (Å²) in [5.74, 6) is 0.381. The highest BCUT2D eigenvalue weighted by Gasteiger charge is 2.36. The maximum Gasteiger partial charge on any atom is 0.331 e. The lowest BCUT2D eigenvalue weighted by molar-refractivity contribution is -0.151. The van der Waals surface area contributed by atoms with Crippen LogP contribution in [0.25, 0.3) is 0 Å². The minimum Gasteiger partial charge on any atom is -0.467 e. The summed E-state index contributed by atoms with van der Waals surface area (Å²) in [5, 5.41) is 6.74. The van der Waals surface area contributed by atoms with Crippen LogP contribution in [0.15, 0.2) is 0 Å². The topological polar surface area (TPSA) is 97.4 Å². The van der Waals surface area contributed by atoms with Crippen LogP contribution in [0.4, 0.5) is 0 Å². The second kappa shape index (κ2) is 5.20. The molecule has 2 heterocycles. The fourth-order valence-corrected chi connectivity index (χ4v) is 2.22. The molecule has 108 valence electrons. The number of esters is 1. The van der Waals surface area contributed by atoms with Gasteiger partial charge < -0.3 is 14.4 Å². The third-order valence-electron chi connectivity index (χ3n) is 3.52. The first-order valence-corrected chi connectivity index (χ1v) is 6.59. The summed E-state index contributed by atoms with van der Waals surface area (Å²) in [6.45, 7) is 0.851. The van der Waals surface area contributed by atoms with E-state index in [0.717, 1.165) is 18.7 Å². The second-order valence-electron chi connectivity index (χ2n) is 4.93. The zero-order chi connectivity index (χ0) is 14.1. The Labute approximate surface area is 115 Å². The molecular weight excluding hydrogens is 264 g/mol. The van der Waals surface area contributed by atoms with Crippen LogP contribution in [0.2, 0.25) is 0 Å². The Morgan fingerprint density at radius 1 is 1.45 bits per heavy atom. The molecular formula is C12H16N4O4. The third-order valence-corrected chi connectivity index (χ3v) is 3.52. The number of aromatic amines is 1. The van der Waals surface area contributed by atoms with E-state index in [1.807, 2.05) is 0 Å². The highest BCUT2D eigenvalue weighted by Crippen LogP contribution is 2.37. The van der Waals surface area contributed by atoms with Gasteiger partial charge in [-0.15, -0.1) is 5.10 Å². The predicted molar refractivity (Wildman–Crippen MR) is 66.0 cm³/mol. The van der Waals surface area contributed by atoms with E-state index in [0.29, 0.717) is 19.1 Å². The van der Waals surface area contributed by atoms with Gasteiger partial charge in [0.1, 0.15) is 5.82 Å². The SMILES string of the molecule is COC(=O)C1COCCN1C(=O)c1n[nH]c(C2CC2)n1. The Bertz CT molecular complexity index is 525. The Kier molecular flexibility index (Phi) is 3.39. The Hall–Kier alpha value is -1.96. The molecule has 8 nitrogen and oxygen atoms in total. The van der Waals surface area contributed by atoms with Crippen LogP contribution in [-0.2, 0) is 14.3 Å². The lowest BCUT2D eigenvalue weighted by atomic mass is 10.2. The van der Waals surface area contributed by atoms with E-state index in [1.165, 1.54) is 12.0 Å². The minimum atomic E-state index is -0.732. The van der Waals surface area contributed by atoms with E-state index in [4.69, 9.17) is 9.47 Å². The number of H-pyrrole nitrogens is 1. The number of amides is 1. The Balaban J connectivity index is 1.77. The van der Waals surface area contributed by atoms with E-state index in [9.17, 15) is 9.59 Å². The van der Waals surface area contributed by atoms with Crippen molar-refractivity contribution in [2.24, 2.45) is 0 Å². The number of rotatable bonds is 3. The normalized spacial score (nSPS) is 22.6. The molecule has 1 saturated carbocycles. The van der Waals surface area contributed by atoms with Crippen LogP contribution >= 0.6 is 0 Å². The van der Waals surface area contributed by atoms with E-state index in [2.05, 4.69) is 15.2 Å². The number of nitrogens with zero attached hydrogens (tertiary/aromatic N) is 3. The van der Waals surface area contributed by atoms with Crippen LogP contribution in [0.1, 0.15) is 35.2 Å². The van der Waals surface area contributed by atoms with Gasteiger partial charge in [0.25, 0.3) is 5.91 Å². The van der Waals surface area contributed by atoms with Gasteiger partial charge in [0.15, 0.2) is 6.04 Å². The number of ether oxygens (including phenoxy) is 2. The van der Waals surface area contributed by atoms with Crippen molar-refractivity contribution in [3.8, 4) is 0 Å². The smallest absolute Gasteiger partial charge is 0.331 e. The minimum absolute atomic E-state index is 0.0997. The van der Waals surface area contributed by atoms with Gasteiger partial charge in [-0.3, -0.25) is 9.89 Å². The van der Waals surface area contributed by atoms with Crippen LogP contribution in [0, 0.1) is 0 Å². The molecule has 0 aromatic carbocycles. The van der Waals surface area contributed by atoms with Crippen molar-refractivity contribution in [1.29, 1.82) is 0 Å². The molecule has 8 heteroatoms. The number of hydrogen-bond donors (Lipinski definition) is 1. The number of carbonyl (C=O) groups excluding carboxylic acids is 2. The molecule has 1 aliphatic heterocycles. The van der Waals surface area contributed by atoms with Crippen molar-refractivity contribution >= 4 is 11.9 Å². The molecule has 1 aromatic rings.